The number of furan rings is 1. The van der Waals surface area contributed by atoms with Crippen LogP contribution in [0.2, 0.25) is 0 Å². The molecule has 4 aromatic rings. The molecule has 3 heterocycles. The van der Waals surface area contributed by atoms with Crippen LogP contribution in [-0.4, -0.2) is 49.2 Å². The topological polar surface area (TPSA) is 191 Å². The summed E-state index contributed by atoms with van der Waals surface area (Å²) in [7, 11) is 0. The molecule has 4 rings (SSSR count). The van der Waals surface area contributed by atoms with Crippen LogP contribution in [0.3, 0.4) is 0 Å². The van der Waals surface area contributed by atoms with Gasteiger partial charge in [-0.1, -0.05) is 4.49 Å². The summed E-state index contributed by atoms with van der Waals surface area (Å²) in [5.74, 6) is -2.98. The highest BCUT2D eigenvalue weighted by Gasteiger charge is 2.38. The minimum atomic E-state index is -5.02. The molecule has 0 bridgehead atoms. The molecule has 226 valence electrons. The second kappa shape index (κ2) is 13.5. The van der Waals surface area contributed by atoms with Crippen molar-refractivity contribution in [2.45, 2.75) is 32.5 Å². The highest BCUT2D eigenvalue weighted by molar-refractivity contribution is 7.09. The molecule has 0 aliphatic heterocycles. The van der Waals surface area contributed by atoms with Gasteiger partial charge in [0.15, 0.2) is 5.69 Å². The van der Waals surface area contributed by atoms with Gasteiger partial charge in [-0.2, -0.15) is 13.2 Å². The maximum Gasteiger partial charge on any atom is 0.471 e. The van der Waals surface area contributed by atoms with Gasteiger partial charge in [0.1, 0.15) is 17.6 Å². The average molecular weight is 622 g/mol. The van der Waals surface area contributed by atoms with E-state index >= 15 is 0 Å². The minimum absolute atomic E-state index is 0.220. The second-order valence-corrected chi connectivity index (χ2v) is 9.99. The number of nitrogens with zero attached hydrogens (tertiary/aromatic N) is 4. The van der Waals surface area contributed by atoms with Gasteiger partial charge in [0.2, 0.25) is 0 Å². The first-order valence-corrected chi connectivity index (χ1v) is 12.6. The quantitative estimate of drug-likeness (QED) is 0.173. The number of carbonyl (C=O) groups excluding carboxylic acids is 3. The maximum atomic E-state index is 12.5. The number of benzene rings is 1. The third-order valence-corrected chi connectivity index (χ3v) is 5.51. The Kier molecular flexibility index (Phi) is 10.1. The number of ether oxygens (including phenoxy) is 1. The van der Waals surface area contributed by atoms with Crippen molar-refractivity contribution in [3.05, 3.63) is 77.0 Å². The van der Waals surface area contributed by atoms with Crippen molar-refractivity contribution in [3.8, 4) is 10.4 Å². The molecule has 43 heavy (non-hydrogen) atoms. The van der Waals surface area contributed by atoms with E-state index in [0.29, 0.717) is 16.3 Å². The highest BCUT2D eigenvalue weighted by atomic mass is 32.1. The van der Waals surface area contributed by atoms with Gasteiger partial charge in [-0.05, 0) is 68.7 Å². The number of carbonyl (C=O) groups is 3. The number of amides is 3. The van der Waals surface area contributed by atoms with Gasteiger partial charge in [0.25, 0.3) is 11.6 Å². The van der Waals surface area contributed by atoms with Crippen LogP contribution in [0.5, 0.6) is 0 Å². The zero-order chi connectivity index (χ0) is 31.8. The summed E-state index contributed by atoms with van der Waals surface area (Å²) >= 11 is 1.12. The number of anilines is 3. The molecule has 0 saturated carbocycles. The molecule has 0 saturated heterocycles. The molecule has 0 fully saturated rings. The summed E-state index contributed by atoms with van der Waals surface area (Å²) in [6, 6.07) is 10.2. The highest BCUT2D eigenvalue weighted by Crippen LogP contribution is 2.27. The average Bonchev–Trinajstić information content (AvgIpc) is 3.61. The zero-order valence-corrected chi connectivity index (χ0v) is 23.3. The Hall–Kier alpha value is -5.39. The Morgan fingerprint density at radius 3 is 2.14 bits per heavy atom. The maximum absolute atomic E-state index is 12.5. The molecule has 3 aromatic heterocycles. The Morgan fingerprint density at radius 2 is 1.63 bits per heavy atom. The third-order valence-electron chi connectivity index (χ3n) is 4.73. The monoisotopic (exact) mass is 621 g/mol. The number of halogens is 3. The molecule has 1 aromatic carbocycles. The molecular weight excluding hydrogens is 599 g/mol. The van der Waals surface area contributed by atoms with Crippen molar-refractivity contribution in [1.82, 2.24) is 14.6 Å². The number of pyridine rings is 1. The number of alkyl halides is 3. The van der Waals surface area contributed by atoms with Crippen molar-refractivity contribution in [2.24, 2.45) is 0 Å². The number of hydrogen-bond acceptors (Lipinski definition) is 11. The second-order valence-electron chi connectivity index (χ2n) is 9.23. The van der Waals surface area contributed by atoms with E-state index in [9.17, 15) is 37.7 Å². The molecule has 0 unspecified atom stereocenters. The molecule has 0 spiro atoms. The number of nitrogens with one attached hydrogen (secondary N) is 3. The van der Waals surface area contributed by atoms with E-state index in [1.54, 1.807) is 51.1 Å². The number of hydrogen-bond donors (Lipinski definition) is 3. The van der Waals surface area contributed by atoms with E-state index in [2.05, 4.69) is 25.2 Å². The van der Waals surface area contributed by atoms with Crippen molar-refractivity contribution in [3.63, 3.8) is 0 Å². The lowest BCUT2D eigenvalue weighted by atomic mass is 10.2. The fourth-order valence-electron chi connectivity index (χ4n) is 2.93. The van der Waals surface area contributed by atoms with Crippen LogP contribution in [0.25, 0.3) is 10.4 Å². The Balaban J connectivity index is 0.000000271. The van der Waals surface area contributed by atoms with E-state index in [1.165, 1.54) is 17.8 Å². The first-order valence-electron chi connectivity index (χ1n) is 11.9. The third kappa shape index (κ3) is 9.88. The van der Waals surface area contributed by atoms with Crippen molar-refractivity contribution >= 4 is 52.3 Å². The lowest BCUT2D eigenvalue weighted by Crippen LogP contribution is -2.30. The summed E-state index contributed by atoms with van der Waals surface area (Å²) in [4.78, 5) is 48.0. The fraction of sp³-hybridized carbons (Fsp3) is 0.200. The number of rotatable bonds is 6. The van der Waals surface area contributed by atoms with E-state index in [4.69, 9.17) is 9.15 Å². The van der Waals surface area contributed by atoms with Crippen molar-refractivity contribution in [2.75, 3.05) is 16.0 Å². The Morgan fingerprint density at radius 1 is 0.977 bits per heavy atom. The SMILES string of the molecule is CC(C)(C)OC(=O)Nc1ccc(NC(=O)c2nnsc2-c2ccoc2)cc1.O=C(Nc1ccc([N+](=O)[O-])cn1)C(F)(F)F. The van der Waals surface area contributed by atoms with Gasteiger partial charge in [-0.25, -0.2) is 9.78 Å². The van der Waals surface area contributed by atoms with E-state index in [-0.39, 0.29) is 17.3 Å². The van der Waals surface area contributed by atoms with Crippen LogP contribution in [0.15, 0.2) is 65.6 Å². The van der Waals surface area contributed by atoms with Crippen LogP contribution in [0.4, 0.5) is 40.8 Å². The Labute approximate surface area is 244 Å². The van der Waals surface area contributed by atoms with Gasteiger partial charge >= 0.3 is 18.2 Å². The lowest BCUT2D eigenvalue weighted by Gasteiger charge is -2.19. The summed E-state index contributed by atoms with van der Waals surface area (Å²) in [6.07, 6.45) is -1.77. The fourth-order valence-corrected chi connectivity index (χ4v) is 3.57. The van der Waals surface area contributed by atoms with Crippen molar-refractivity contribution < 1.29 is 41.6 Å². The molecule has 18 heteroatoms. The van der Waals surface area contributed by atoms with E-state index in [0.717, 1.165) is 35.4 Å². The molecule has 0 aliphatic carbocycles. The molecule has 3 amide bonds. The van der Waals surface area contributed by atoms with Gasteiger partial charge in [-0.15, -0.1) is 5.10 Å². The summed E-state index contributed by atoms with van der Waals surface area (Å²) in [6.45, 7) is 5.36. The van der Waals surface area contributed by atoms with Crippen LogP contribution in [-0.2, 0) is 9.53 Å². The van der Waals surface area contributed by atoms with Crippen molar-refractivity contribution in [1.29, 1.82) is 0 Å². The molecule has 0 aliphatic rings. The molecule has 0 atom stereocenters. The summed E-state index contributed by atoms with van der Waals surface area (Å²) < 4.78 is 49.5. The summed E-state index contributed by atoms with van der Waals surface area (Å²) in [5, 5.41) is 20.9. The van der Waals surface area contributed by atoms with Gasteiger partial charge in [-0.3, -0.25) is 25.0 Å². The van der Waals surface area contributed by atoms with Crippen LogP contribution in [0, 0.1) is 10.1 Å². The smallest absolute Gasteiger partial charge is 0.471 e. The molecule has 14 nitrogen and oxygen atoms in total. The predicted molar refractivity (Wildman–Crippen MR) is 147 cm³/mol. The minimum Gasteiger partial charge on any atom is -0.472 e. The zero-order valence-electron chi connectivity index (χ0n) is 22.5. The molecular formula is C25H22F3N7O7S. The van der Waals surface area contributed by atoms with Gasteiger partial charge in [0, 0.05) is 23.0 Å². The van der Waals surface area contributed by atoms with Crippen LogP contribution in [0.1, 0.15) is 31.3 Å². The lowest BCUT2D eigenvalue weighted by molar-refractivity contribution is -0.385. The molecule has 3 N–H and O–H groups in total. The van der Waals surface area contributed by atoms with Gasteiger partial charge < -0.3 is 19.8 Å². The largest absolute Gasteiger partial charge is 0.472 e. The number of aromatic nitrogens is 3. The van der Waals surface area contributed by atoms with Crippen LogP contribution < -0.4 is 16.0 Å². The van der Waals surface area contributed by atoms with E-state index in [1.807, 2.05) is 0 Å². The number of nitro groups is 1. The molecule has 0 radical (unpaired) electrons. The first-order chi connectivity index (χ1) is 20.1. The van der Waals surface area contributed by atoms with E-state index < -0.39 is 34.5 Å². The predicted octanol–water partition coefficient (Wildman–Crippen LogP) is 5.89. The summed E-state index contributed by atoms with van der Waals surface area (Å²) in [5.41, 5.74) is 1.11. The standard InChI is InChI=1S/C18H18N4O4S.C7H4F3N3O3/c1-18(2,3)26-17(24)20-13-6-4-12(5-7-13)19-16(23)14-15(27-22-21-14)11-8-9-25-10-11;8-7(9,10)6(14)12-5-2-1-4(3-11-5)13(15)16/h4-10H,1-3H3,(H,19,23)(H,20,24);1-3H,(H,11,12,14). The van der Waals surface area contributed by atoms with Crippen LogP contribution >= 0.6 is 11.5 Å². The Bertz CT molecular complexity index is 1570. The van der Waals surface area contributed by atoms with Gasteiger partial charge in [0.05, 0.1) is 22.3 Å². The normalized spacial score (nSPS) is 11.0. The first kappa shape index (κ1) is 32.1.